The summed E-state index contributed by atoms with van der Waals surface area (Å²) in [6.07, 6.45) is 1.53. The number of nitrogens with two attached hydrogens (primary N) is 1. The Morgan fingerprint density at radius 3 is 2.71 bits per heavy atom. The highest BCUT2D eigenvalue weighted by atomic mass is 35.5. The van der Waals surface area contributed by atoms with Crippen molar-refractivity contribution in [1.29, 1.82) is 0 Å². The molecule has 0 unspecified atom stereocenters. The summed E-state index contributed by atoms with van der Waals surface area (Å²) in [5, 5.41) is 0.515. The Morgan fingerprint density at radius 1 is 1.57 bits per heavy atom. The molecule has 0 aliphatic rings. The van der Waals surface area contributed by atoms with Gasteiger partial charge in [0.25, 0.3) is 0 Å². The Bertz CT molecular complexity index is 328. The van der Waals surface area contributed by atoms with Gasteiger partial charge in [0.1, 0.15) is 0 Å². The minimum absolute atomic E-state index is 0.271. The molecule has 14 heavy (non-hydrogen) atoms. The van der Waals surface area contributed by atoms with Crippen molar-refractivity contribution in [1.82, 2.24) is 9.97 Å². The number of rotatable bonds is 3. The maximum Gasteiger partial charge on any atom is 0.316 e. The van der Waals surface area contributed by atoms with Crippen molar-refractivity contribution in [3.63, 3.8) is 0 Å². The van der Waals surface area contributed by atoms with Crippen molar-refractivity contribution < 1.29 is 4.74 Å². The van der Waals surface area contributed by atoms with E-state index in [9.17, 15) is 0 Å². The number of ether oxygens (including phenoxy) is 1. The summed E-state index contributed by atoms with van der Waals surface area (Å²) < 4.78 is 4.93. The molecule has 1 heterocycles. The molecule has 2 N–H and O–H groups in total. The van der Waals surface area contributed by atoms with Gasteiger partial charge in [-0.1, -0.05) is 25.4 Å². The van der Waals surface area contributed by atoms with Gasteiger partial charge in [-0.25, -0.2) is 4.98 Å². The minimum atomic E-state index is -0.271. The van der Waals surface area contributed by atoms with E-state index in [2.05, 4.69) is 9.97 Å². The van der Waals surface area contributed by atoms with E-state index in [0.717, 1.165) is 0 Å². The van der Waals surface area contributed by atoms with Crippen molar-refractivity contribution in [2.24, 2.45) is 5.73 Å². The highest BCUT2D eigenvalue weighted by Crippen LogP contribution is 2.27. The van der Waals surface area contributed by atoms with E-state index in [0.29, 0.717) is 23.3 Å². The molecule has 0 spiro atoms. The molecule has 0 aromatic carbocycles. The molecule has 0 bridgehead atoms. The molecule has 0 aliphatic heterocycles. The maximum absolute atomic E-state index is 5.98. The molecule has 5 heteroatoms. The van der Waals surface area contributed by atoms with Gasteiger partial charge in [0.05, 0.1) is 24.0 Å². The molecule has 1 rings (SSSR count). The average Bonchev–Trinajstić information content (AvgIpc) is 2.18. The fourth-order valence-corrected chi connectivity index (χ4v) is 1.37. The molecule has 0 saturated carbocycles. The normalized spacial score (nSPS) is 11.5. The van der Waals surface area contributed by atoms with Crippen LogP contribution >= 0.6 is 11.6 Å². The summed E-state index contributed by atoms with van der Waals surface area (Å²) in [6, 6.07) is 0.311. The second-order valence-electron chi connectivity index (χ2n) is 3.64. The zero-order valence-corrected chi connectivity index (χ0v) is 9.30. The number of halogens is 1. The highest BCUT2D eigenvalue weighted by Gasteiger charge is 2.24. The molecule has 78 valence electrons. The quantitative estimate of drug-likeness (QED) is 0.828. The Hall–Kier alpha value is -0.870. The van der Waals surface area contributed by atoms with Crippen LogP contribution in [0.2, 0.25) is 5.02 Å². The second-order valence-corrected chi connectivity index (χ2v) is 4.05. The lowest BCUT2D eigenvalue weighted by Crippen LogP contribution is -2.29. The molecule has 0 fully saturated rings. The van der Waals surface area contributed by atoms with Gasteiger partial charge in [-0.05, 0) is 0 Å². The minimum Gasteiger partial charge on any atom is -0.467 e. The predicted octanol–water partition coefficient (Wildman–Crippen LogP) is 1.37. The molecule has 0 radical (unpaired) electrons. The van der Waals surface area contributed by atoms with Crippen molar-refractivity contribution in [3.05, 3.63) is 16.9 Å². The maximum atomic E-state index is 5.98. The Balaban J connectivity index is 3.18. The van der Waals surface area contributed by atoms with Gasteiger partial charge >= 0.3 is 6.01 Å². The summed E-state index contributed by atoms with van der Waals surface area (Å²) in [4.78, 5) is 8.09. The predicted molar refractivity (Wildman–Crippen MR) is 55.7 cm³/mol. The fourth-order valence-electron chi connectivity index (χ4n) is 1.02. The van der Waals surface area contributed by atoms with Gasteiger partial charge < -0.3 is 10.5 Å². The third-order valence-corrected chi connectivity index (χ3v) is 2.33. The van der Waals surface area contributed by atoms with Crippen molar-refractivity contribution in [3.8, 4) is 6.01 Å². The number of nitrogens with zero attached hydrogens (tertiary/aromatic N) is 2. The van der Waals surface area contributed by atoms with E-state index >= 15 is 0 Å². The molecule has 0 saturated heterocycles. The van der Waals surface area contributed by atoms with E-state index in [1.807, 2.05) is 13.8 Å². The fraction of sp³-hybridized carbons (Fsp3) is 0.556. The van der Waals surface area contributed by atoms with Crippen LogP contribution in [0.4, 0.5) is 0 Å². The van der Waals surface area contributed by atoms with E-state index in [-0.39, 0.29) is 5.41 Å². The third kappa shape index (κ3) is 2.13. The average molecular weight is 216 g/mol. The lowest BCUT2D eigenvalue weighted by molar-refractivity contribution is 0.372. The molecule has 4 nitrogen and oxygen atoms in total. The number of hydrogen-bond donors (Lipinski definition) is 1. The van der Waals surface area contributed by atoms with E-state index in [1.54, 1.807) is 0 Å². The summed E-state index contributed by atoms with van der Waals surface area (Å²) in [5.41, 5.74) is 6.08. The summed E-state index contributed by atoms with van der Waals surface area (Å²) in [7, 11) is 1.52. The first kappa shape index (κ1) is 11.2. The Morgan fingerprint density at radius 2 is 2.21 bits per heavy atom. The smallest absolute Gasteiger partial charge is 0.316 e. The second kappa shape index (κ2) is 4.11. The number of methoxy groups -OCH3 is 1. The SMILES string of the molecule is COc1ncc(Cl)c(C(C)(C)CN)n1. The topological polar surface area (TPSA) is 61.0 Å². The lowest BCUT2D eigenvalue weighted by Gasteiger charge is -2.22. The van der Waals surface area contributed by atoms with Crippen LogP contribution in [-0.2, 0) is 5.41 Å². The first-order valence-corrected chi connectivity index (χ1v) is 4.66. The van der Waals surface area contributed by atoms with Crippen molar-refractivity contribution in [2.75, 3.05) is 13.7 Å². The molecule has 0 amide bonds. The number of hydrogen-bond acceptors (Lipinski definition) is 4. The van der Waals surface area contributed by atoms with Gasteiger partial charge in [0.15, 0.2) is 0 Å². The molecule has 0 atom stereocenters. The summed E-state index contributed by atoms with van der Waals surface area (Å²) in [6.45, 7) is 4.41. The molecular formula is C9H14ClN3O. The monoisotopic (exact) mass is 215 g/mol. The van der Waals surface area contributed by atoms with Crippen molar-refractivity contribution >= 4 is 11.6 Å². The zero-order valence-electron chi connectivity index (χ0n) is 8.54. The lowest BCUT2D eigenvalue weighted by atomic mass is 9.89. The van der Waals surface area contributed by atoms with Gasteiger partial charge in [0.2, 0.25) is 0 Å². The van der Waals surface area contributed by atoms with Crippen LogP contribution in [0.1, 0.15) is 19.5 Å². The molecular weight excluding hydrogens is 202 g/mol. The van der Waals surface area contributed by atoms with E-state index in [4.69, 9.17) is 22.1 Å². The summed E-state index contributed by atoms with van der Waals surface area (Å²) in [5.74, 6) is 0. The molecule has 1 aromatic heterocycles. The standard InChI is InChI=1S/C9H14ClN3O/c1-9(2,5-11)7-6(10)4-12-8(13-7)14-3/h4H,5,11H2,1-3H3. The Kier molecular flexibility index (Phi) is 3.29. The van der Waals surface area contributed by atoms with Crippen LogP contribution in [-0.4, -0.2) is 23.6 Å². The van der Waals surface area contributed by atoms with Crippen LogP contribution in [0, 0.1) is 0 Å². The van der Waals surface area contributed by atoms with Gasteiger partial charge in [-0.3, -0.25) is 0 Å². The van der Waals surface area contributed by atoms with Gasteiger partial charge in [-0.15, -0.1) is 0 Å². The first-order chi connectivity index (χ1) is 6.51. The molecule has 1 aromatic rings. The van der Waals surface area contributed by atoms with Crippen LogP contribution < -0.4 is 10.5 Å². The zero-order chi connectivity index (χ0) is 10.8. The largest absolute Gasteiger partial charge is 0.467 e. The van der Waals surface area contributed by atoms with Crippen LogP contribution in [0.3, 0.4) is 0 Å². The van der Waals surface area contributed by atoms with E-state index in [1.165, 1.54) is 13.3 Å². The first-order valence-electron chi connectivity index (χ1n) is 4.28. The van der Waals surface area contributed by atoms with E-state index < -0.39 is 0 Å². The third-order valence-electron chi connectivity index (χ3n) is 2.06. The molecule has 0 aliphatic carbocycles. The van der Waals surface area contributed by atoms with Crippen LogP contribution in [0.5, 0.6) is 6.01 Å². The van der Waals surface area contributed by atoms with Crippen LogP contribution in [0.15, 0.2) is 6.20 Å². The van der Waals surface area contributed by atoms with Crippen molar-refractivity contribution in [2.45, 2.75) is 19.3 Å². The Labute approximate surface area is 88.5 Å². The number of aromatic nitrogens is 2. The van der Waals surface area contributed by atoms with Crippen LogP contribution in [0.25, 0.3) is 0 Å². The highest BCUT2D eigenvalue weighted by molar-refractivity contribution is 6.31. The summed E-state index contributed by atoms with van der Waals surface area (Å²) >= 11 is 5.98. The van der Waals surface area contributed by atoms with Gasteiger partial charge in [0, 0.05) is 12.0 Å². The van der Waals surface area contributed by atoms with Gasteiger partial charge in [-0.2, -0.15) is 4.98 Å².